The number of carbonyl (C=O) groups excluding carboxylic acids is 1. The van der Waals surface area contributed by atoms with E-state index in [4.69, 9.17) is 0 Å². The summed E-state index contributed by atoms with van der Waals surface area (Å²) in [7, 11) is 1.89. The zero-order chi connectivity index (χ0) is 15.1. The minimum absolute atomic E-state index is 0.155. The van der Waals surface area contributed by atoms with Crippen LogP contribution < -0.4 is 5.32 Å². The molecule has 0 bridgehead atoms. The second-order valence-corrected chi connectivity index (χ2v) is 4.88. The lowest BCUT2D eigenvalue weighted by atomic mass is 10.2. The number of hydrogen-bond donors (Lipinski definition) is 2. The molecule has 0 saturated heterocycles. The van der Waals surface area contributed by atoms with Crippen molar-refractivity contribution in [2.75, 3.05) is 6.54 Å². The molecule has 0 saturated carbocycles. The van der Waals surface area contributed by atoms with Gasteiger partial charge >= 0.3 is 0 Å². The van der Waals surface area contributed by atoms with Crippen LogP contribution >= 0.6 is 0 Å². The molecular weight excluding hydrogens is 264 g/mol. The van der Waals surface area contributed by atoms with Crippen molar-refractivity contribution in [2.45, 2.75) is 12.5 Å². The Kier molecular flexibility index (Phi) is 5.35. The van der Waals surface area contributed by atoms with Gasteiger partial charge < -0.3 is 15.0 Å². The van der Waals surface area contributed by atoms with Crippen molar-refractivity contribution in [2.24, 2.45) is 7.05 Å². The largest absolute Gasteiger partial charge is 0.387 e. The minimum atomic E-state index is -0.566. The molecule has 21 heavy (non-hydrogen) atoms. The lowest BCUT2D eigenvalue weighted by Crippen LogP contribution is -2.23. The number of benzene rings is 1. The fourth-order valence-electron chi connectivity index (χ4n) is 2.10. The Balaban J connectivity index is 1.75. The first-order chi connectivity index (χ1) is 10.2. The molecule has 0 radical (unpaired) electrons. The SMILES string of the molecule is Cn1cccc1[C@H](O)CCNC(=O)/C=C/c1ccccc1. The highest BCUT2D eigenvalue weighted by Crippen LogP contribution is 2.15. The molecule has 0 spiro atoms. The summed E-state index contributed by atoms with van der Waals surface area (Å²) in [4.78, 5) is 11.7. The van der Waals surface area contributed by atoms with Crippen molar-refractivity contribution in [1.29, 1.82) is 0 Å². The highest BCUT2D eigenvalue weighted by molar-refractivity contribution is 5.91. The molecule has 2 rings (SSSR count). The summed E-state index contributed by atoms with van der Waals surface area (Å²) in [6.45, 7) is 0.435. The van der Waals surface area contributed by atoms with Gasteiger partial charge in [0.2, 0.25) is 5.91 Å². The number of aliphatic hydroxyl groups excluding tert-OH is 1. The first-order valence-corrected chi connectivity index (χ1v) is 6.97. The van der Waals surface area contributed by atoms with Gasteiger partial charge in [-0.25, -0.2) is 0 Å². The van der Waals surface area contributed by atoms with Crippen LogP contribution in [0.2, 0.25) is 0 Å². The van der Waals surface area contributed by atoms with E-state index in [-0.39, 0.29) is 5.91 Å². The van der Waals surface area contributed by atoms with Gasteiger partial charge in [-0.05, 0) is 30.2 Å². The molecule has 1 aromatic heterocycles. The molecule has 1 aromatic carbocycles. The van der Waals surface area contributed by atoms with Crippen LogP contribution in [0, 0.1) is 0 Å². The monoisotopic (exact) mass is 284 g/mol. The molecule has 110 valence electrons. The predicted octanol–water partition coefficient (Wildman–Crippen LogP) is 2.28. The second kappa shape index (κ2) is 7.45. The highest BCUT2D eigenvalue weighted by atomic mass is 16.3. The normalized spacial score (nSPS) is 12.5. The van der Waals surface area contributed by atoms with Crippen LogP contribution in [0.5, 0.6) is 0 Å². The summed E-state index contributed by atoms with van der Waals surface area (Å²) < 4.78 is 1.88. The molecule has 4 nitrogen and oxygen atoms in total. The summed E-state index contributed by atoms with van der Waals surface area (Å²) in [5, 5.41) is 12.8. The van der Waals surface area contributed by atoms with E-state index < -0.39 is 6.10 Å². The van der Waals surface area contributed by atoms with Gasteiger partial charge in [-0.3, -0.25) is 4.79 Å². The summed E-state index contributed by atoms with van der Waals surface area (Å²) in [5.41, 5.74) is 1.83. The molecule has 0 fully saturated rings. The van der Waals surface area contributed by atoms with Gasteiger partial charge in [-0.2, -0.15) is 0 Å². The van der Waals surface area contributed by atoms with Crippen molar-refractivity contribution in [1.82, 2.24) is 9.88 Å². The molecule has 2 aromatic rings. The minimum Gasteiger partial charge on any atom is -0.387 e. The standard InChI is InChI=1S/C17H20N2O2/c1-19-13-5-8-15(19)16(20)11-12-18-17(21)10-9-14-6-3-2-4-7-14/h2-10,13,16,20H,11-12H2,1H3,(H,18,21)/b10-9+/t16-/m1/s1. The summed E-state index contributed by atoms with van der Waals surface area (Å²) in [5.74, 6) is -0.155. The van der Waals surface area contributed by atoms with Gasteiger partial charge in [0.25, 0.3) is 0 Å². The molecule has 1 heterocycles. The van der Waals surface area contributed by atoms with Crippen LogP contribution in [0.25, 0.3) is 6.08 Å². The number of carbonyl (C=O) groups is 1. The highest BCUT2D eigenvalue weighted by Gasteiger charge is 2.10. The Morgan fingerprint density at radius 1 is 1.29 bits per heavy atom. The molecule has 2 N–H and O–H groups in total. The van der Waals surface area contributed by atoms with Crippen molar-refractivity contribution < 1.29 is 9.90 Å². The van der Waals surface area contributed by atoms with Crippen LogP contribution in [-0.4, -0.2) is 22.1 Å². The maximum Gasteiger partial charge on any atom is 0.244 e. The molecule has 0 aliphatic rings. The van der Waals surface area contributed by atoms with E-state index in [9.17, 15) is 9.90 Å². The molecule has 4 heteroatoms. The molecular formula is C17H20N2O2. The number of hydrogen-bond acceptors (Lipinski definition) is 2. The third kappa shape index (κ3) is 4.61. The Morgan fingerprint density at radius 3 is 2.71 bits per heavy atom. The molecule has 0 aliphatic carbocycles. The number of nitrogens with zero attached hydrogens (tertiary/aromatic N) is 1. The topological polar surface area (TPSA) is 54.3 Å². The van der Waals surface area contributed by atoms with E-state index in [1.165, 1.54) is 6.08 Å². The molecule has 1 amide bonds. The number of nitrogens with one attached hydrogen (secondary N) is 1. The Morgan fingerprint density at radius 2 is 2.05 bits per heavy atom. The van der Waals surface area contributed by atoms with Crippen molar-refractivity contribution in [3.8, 4) is 0 Å². The second-order valence-electron chi connectivity index (χ2n) is 4.88. The van der Waals surface area contributed by atoms with E-state index in [0.717, 1.165) is 11.3 Å². The van der Waals surface area contributed by atoms with Gasteiger partial charge in [-0.15, -0.1) is 0 Å². The van der Waals surface area contributed by atoms with Gasteiger partial charge in [0, 0.05) is 31.6 Å². The van der Waals surface area contributed by atoms with Crippen molar-refractivity contribution >= 4 is 12.0 Å². The maximum absolute atomic E-state index is 11.7. The van der Waals surface area contributed by atoms with E-state index in [2.05, 4.69) is 5.32 Å². The van der Waals surface area contributed by atoms with Crippen molar-refractivity contribution in [3.63, 3.8) is 0 Å². The average Bonchev–Trinajstić information content (AvgIpc) is 2.92. The summed E-state index contributed by atoms with van der Waals surface area (Å²) in [6, 6.07) is 13.4. The Bertz CT molecular complexity index is 602. The van der Waals surface area contributed by atoms with E-state index in [0.29, 0.717) is 13.0 Å². The van der Waals surface area contributed by atoms with Crippen LogP contribution in [0.15, 0.2) is 54.7 Å². The predicted molar refractivity (Wildman–Crippen MR) is 83.5 cm³/mol. The summed E-state index contributed by atoms with van der Waals surface area (Å²) >= 11 is 0. The third-order valence-electron chi connectivity index (χ3n) is 3.27. The molecule has 1 atom stereocenters. The van der Waals surface area contributed by atoms with Gasteiger partial charge in [0.05, 0.1) is 6.10 Å². The van der Waals surface area contributed by atoms with E-state index in [1.54, 1.807) is 6.08 Å². The lowest BCUT2D eigenvalue weighted by molar-refractivity contribution is -0.116. The summed E-state index contributed by atoms with van der Waals surface area (Å²) in [6.07, 6.45) is 5.08. The maximum atomic E-state index is 11.7. The fraction of sp³-hybridized carbons (Fsp3) is 0.235. The van der Waals surface area contributed by atoms with Gasteiger partial charge in [0.1, 0.15) is 0 Å². The average molecular weight is 284 g/mol. The first-order valence-electron chi connectivity index (χ1n) is 6.97. The van der Waals surface area contributed by atoms with Crippen molar-refractivity contribution in [3.05, 3.63) is 66.0 Å². The van der Waals surface area contributed by atoms with E-state index in [1.807, 2.05) is 60.3 Å². The Hall–Kier alpha value is -2.33. The Labute approximate surface area is 124 Å². The number of amides is 1. The zero-order valence-electron chi connectivity index (χ0n) is 12.1. The number of aromatic nitrogens is 1. The van der Waals surface area contributed by atoms with Crippen LogP contribution in [0.4, 0.5) is 0 Å². The third-order valence-corrected chi connectivity index (χ3v) is 3.27. The van der Waals surface area contributed by atoms with Crippen LogP contribution in [0.1, 0.15) is 23.8 Å². The first kappa shape index (κ1) is 15.1. The lowest BCUT2D eigenvalue weighted by Gasteiger charge is -2.11. The number of aliphatic hydroxyl groups is 1. The van der Waals surface area contributed by atoms with E-state index >= 15 is 0 Å². The van der Waals surface area contributed by atoms with Gasteiger partial charge in [-0.1, -0.05) is 30.3 Å². The fourth-order valence-corrected chi connectivity index (χ4v) is 2.10. The number of rotatable bonds is 6. The van der Waals surface area contributed by atoms with Crippen LogP contribution in [-0.2, 0) is 11.8 Å². The number of aryl methyl sites for hydroxylation is 1. The zero-order valence-corrected chi connectivity index (χ0v) is 12.1. The molecule has 0 unspecified atom stereocenters. The smallest absolute Gasteiger partial charge is 0.244 e. The quantitative estimate of drug-likeness (QED) is 0.800. The van der Waals surface area contributed by atoms with Gasteiger partial charge in [0.15, 0.2) is 0 Å². The molecule has 0 aliphatic heterocycles. The van der Waals surface area contributed by atoms with Crippen LogP contribution in [0.3, 0.4) is 0 Å².